The number of nitrogens with two attached hydrogens (primary N) is 1. The van der Waals surface area contributed by atoms with E-state index in [4.69, 9.17) is 17.3 Å². The minimum absolute atomic E-state index is 0.0380. The molecule has 2 aromatic carbocycles. The van der Waals surface area contributed by atoms with E-state index in [9.17, 15) is 9.59 Å². The molecular formula is C25H22ClFN6O2. The number of benzene rings is 2. The van der Waals surface area contributed by atoms with Crippen molar-refractivity contribution in [3.05, 3.63) is 69.0 Å². The van der Waals surface area contributed by atoms with E-state index in [-0.39, 0.29) is 28.7 Å². The Labute approximate surface area is 204 Å². The van der Waals surface area contributed by atoms with Gasteiger partial charge >= 0.3 is 0 Å². The van der Waals surface area contributed by atoms with Gasteiger partial charge in [-0.1, -0.05) is 36.6 Å². The van der Waals surface area contributed by atoms with Crippen molar-refractivity contribution in [2.75, 3.05) is 4.90 Å². The van der Waals surface area contributed by atoms with E-state index in [1.54, 1.807) is 42.2 Å². The van der Waals surface area contributed by atoms with Crippen LogP contribution in [-0.4, -0.2) is 25.9 Å². The summed E-state index contributed by atoms with van der Waals surface area (Å²) in [6, 6.07) is 8.58. The highest BCUT2D eigenvalue weighted by molar-refractivity contribution is 6.31. The van der Waals surface area contributed by atoms with E-state index in [2.05, 4.69) is 15.3 Å². The van der Waals surface area contributed by atoms with E-state index < -0.39 is 11.2 Å². The molecule has 0 unspecified atom stereocenters. The number of aromatic amines is 1. The Morgan fingerprint density at radius 1 is 1.17 bits per heavy atom. The summed E-state index contributed by atoms with van der Waals surface area (Å²) in [5.74, 6) is -0.349. The fraction of sp³-hybridized carbons (Fsp3) is 0.280. The predicted molar refractivity (Wildman–Crippen MR) is 131 cm³/mol. The number of aryl methyl sites for hydroxylation is 1. The van der Waals surface area contributed by atoms with Crippen LogP contribution >= 0.6 is 11.6 Å². The number of rotatable bonds is 3. The maximum Gasteiger partial charge on any atom is 0.272 e. The number of amides is 1. The third kappa shape index (κ3) is 2.94. The smallest absolute Gasteiger partial charge is 0.272 e. The summed E-state index contributed by atoms with van der Waals surface area (Å²) < 4.78 is 17.1. The Morgan fingerprint density at radius 2 is 1.94 bits per heavy atom. The number of nitrogens with zero attached hydrogens (tertiary/aromatic N) is 4. The topological polar surface area (TPSA) is 110 Å². The van der Waals surface area contributed by atoms with Gasteiger partial charge in [0.15, 0.2) is 5.82 Å². The maximum atomic E-state index is 15.6. The number of carbonyl (C=O) groups excluding carboxylic acids is 1. The van der Waals surface area contributed by atoms with Crippen molar-refractivity contribution in [3.8, 4) is 11.1 Å². The fourth-order valence-corrected chi connectivity index (χ4v) is 5.83. The van der Waals surface area contributed by atoms with Gasteiger partial charge in [-0.2, -0.15) is 10.2 Å². The van der Waals surface area contributed by atoms with E-state index >= 15 is 4.39 Å². The van der Waals surface area contributed by atoms with Crippen molar-refractivity contribution in [3.63, 3.8) is 0 Å². The predicted octanol–water partition coefficient (Wildman–Crippen LogP) is 4.06. The standard InChI is InChI=1S/C25H22ClFN6O2/c1-32-23(16(12-29-32)13-4-5-14-15(10-13)19(11-28)30-31-22(14)34)33-21-17(6-7-18(26)20(21)27)25(24(33)35)8-2-3-9-25/h4-7,10,12H,2-3,8-9,11,28H2,1H3,(H,31,34). The van der Waals surface area contributed by atoms with Crippen molar-refractivity contribution in [2.24, 2.45) is 12.8 Å². The number of halogens is 2. The SMILES string of the molecule is Cn1ncc(-c2ccc3c(=O)[nH]nc(CN)c3c2)c1N1C(=O)C2(CCCC2)c2ccc(Cl)c(F)c21. The van der Waals surface area contributed by atoms with Crippen LogP contribution < -0.4 is 16.2 Å². The first-order valence-electron chi connectivity index (χ1n) is 11.4. The molecule has 0 atom stereocenters. The molecule has 178 valence electrons. The van der Waals surface area contributed by atoms with Gasteiger partial charge in [0.1, 0.15) is 5.82 Å². The highest BCUT2D eigenvalue weighted by atomic mass is 35.5. The zero-order chi connectivity index (χ0) is 24.5. The van der Waals surface area contributed by atoms with E-state index in [0.717, 1.165) is 12.8 Å². The Kier molecular flexibility index (Phi) is 4.84. The summed E-state index contributed by atoms with van der Waals surface area (Å²) in [5.41, 5.74) is 7.48. The molecule has 2 aliphatic rings. The zero-order valence-electron chi connectivity index (χ0n) is 18.9. The second-order valence-electron chi connectivity index (χ2n) is 9.16. The third-order valence-corrected chi connectivity index (χ3v) is 7.66. The normalized spacial score (nSPS) is 16.6. The highest BCUT2D eigenvalue weighted by Gasteiger charge is 2.54. The third-order valence-electron chi connectivity index (χ3n) is 7.37. The van der Waals surface area contributed by atoms with Gasteiger partial charge in [-0.25, -0.2) is 9.49 Å². The molecule has 1 spiro atoms. The van der Waals surface area contributed by atoms with Gasteiger partial charge in [-0.05, 0) is 42.2 Å². The second kappa shape index (κ2) is 7.73. The van der Waals surface area contributed by atoms with Gasteiger partial charge in [0.2, 0.25) is 5.91 Å². The molecular weight excluding hydrogens is 471 g/mol. The molecule has 0 saturated heterocycles. The van der Waals surface area contributed by atoms with Gasteiger partial charge in [0.05, 0.1) is 33.4 Å². The lowest BCUT2D eigenvalue weighted by atomic mass is 9.80. The van der Waals surface area contributed by atoms with Crippen LogP contribution in [0, 0.1) is 5.82 Å². The molecule has 6 rings (SSSR count). The van der Waals surface area contributed by atoms with Gasteiger partial charge < -0.3 is 5.73 Å². The van der Waals surface area contributed by atoms with Crippen LogP contribution in [0.4, 0.5) is 15.9 Å². The maximum absolute atomic E-state index is 15.6. The molecule has 3 N–H and O–H groups in total. The van der Waals surface area contributed by atoms with Crippen molar-refractivity contribution < 1.29 is 9.18 Å². The molecule has 1 saturated carbocycles. The van der Waals surface area contributed by atoms with Gasteiger partial charge in [-0.15, -0.1) is 0 Å². The average Bonchev–Trinajstić information content (AvgIpc) is 3.55. The first kappa shape index (κ1) is 21.9. The molecule has 35 heavy (non-hydrogen) atoms. The zero-order valence-corrected chi connectivity index (χ0v) is 19.7. The molecule has 1 amide bonds. The molecule has 3 heterocycles. The molecule has 10 heteroatoms. The van der Waals surface area contributed by atoms with Crippen LogP contribution in [0.3, 0.4) is 0 Å². The fourth-order valence-electron chi connectivity index (χ4n) is 5.68. The van der Waals surface area contributed by atoms with Crippen molar-refractivity contribution in [1.29, 1.82) is 0 Å². The van der Waals surface area contributed by atoms with Crippen LogP contribution in [0.2, 0.25) is 5.02 Å². The van der Waals surface area contributed by atoms with Crippen LogP contribution in [0.1, 0.15) is 36.9 Å². The van der Waals surface area contributed by atoms with E-state index in [1.165, 1.54) is 11.0 Å². The van der Waals surface area contributed by atoms with Crippen molar-refractivity contribution >= 4 is 39.8 Å². The molecule has 4 aromatic rings. The highest BCUT2D eigenvalue weighted by Crippen LogP contribution is 2.56. The summed E-state index contributed by atoms with van der Waals surface area (Å²) in [6.45, 7) is 0.140. The summed E-state index contributed by atoms with van der Waals surface area (Å²) in [7, 11) is 1.71. The number of nitrogens with one attached hydrogen (secondary N) is 1. The first-order valence-corrected chi connectivity index (χ1v) is 11.8. The van der Waals surface area contributed by atoms with Crippen molar-refractivity contribution in [1.82, 2.24) is 20.0 Å². The average molecular weight is 493 g/mol. The number of aromatic nitrogens is 4. The monoisotopic (exact) mass is 492 g/mol. The Bertz CT molecular complexity index is 1590. The minimum atomic E-state index is -0.768. The van der Waals surface area contributed by atoms with Crippen LogP contribution in [-0.2, 0) is 23.8 Å². The Morgan fingerprint density at radius 3 is 2.69 bits per heavy atom. The van der Waals surface area contributed by atoms with E-state index in [0.29, 0.717) is 51.8 Å². The summed E-state index contributed by atoms with van der Waals surface area (Å²) in [6.07, 6.45) is 4.75. The molecule has 1 fully saturated rings. The molecule has 0 bridgehead atoms. The van der Waals surface area contributed by atoms with Crippen LogP contribution in [0.5, 0.6) is 0 Å². The lowest BCUT2D eigenvalue weighted by Crippen LogP contribution is -2.37. The minimum Gasteiger partial charge on any atom is -0.325 e. The molecule has 0 radical (unpaired) electrons. The first-order chi connectivity index (χ1) is 16.9. The number of anilines is 2. The molecule has 8 nitrogen and oxygen atoms in total. The van der Waals surface area contributed by atoms with Gasteiger partial charge in [-0.3, -0.25) is 19.2 Å². The summed E-state index contributed by atoms with van der Waals surface area (Å²) in [4.78, 5) is 27.8. The largest absolute Gasteiger partial charge is 0.325 e. The Balaban J connectivity index is 1.60. The van der Waals surface area contributed by atoms with Gasteiger partial charge in [0.25, 0.3) is 5.56 Å². The summed E-state index contributed by atoms with van der Waals surface area (Å²) >= 11 is 6.19. The van der Waals surface area contributed by atoms with Gasteiger partial charge in [0, 0.05) is 24.5 Å². The van der Waals surface area contributed by atoms with E-state index in [1.807, 2.05) is 0 Å². The van der Waals surface area contributed by atoms with Crippen molar-refractivity contribution in [2.45, 2.75) is 37.6 Å². The Hall–Kier alpha value is -3.56. The lowest BCUT2D eigenvalue weighted by molar-refractivity contribution is -0.122. The molecule has 1 aliphatic carbocycles. The number of carbonyl (C=O) groups is 1. The number of hydrogen-bond acceptors (Lipinski definition) is 5. The number of hydrogen-bond donors (Lipinski definition) is 2. The molecule has 1 aliphatic heterocycles. The number of H-pyrrole nitrogens is 1. The second-order valence-corrected chi connectivity index (χ2v) is 9.56. The quantitative estimate of drug-likeness (QED) is 0.448. The summed E-state index contributed by atoms with van der Waals surface area (Å²) in [5, 5.41) is 12.0. The molecule has 2 aromatic heterocycles. The number of fused-ring (bicyclic) bond motifs is 3. The lowest BCUT2D eigenvalue weighted by Gasteiger charge is -2.24. The van der Waals surface area contributed by atoms with Crippen LogP contribution in [0.15, 0.2) is 41.3 Å². The van der Waals surface area contributed by atoms with Crippen LogP contribution in [0.25, 0.3) is 21.9 Å².